The Labute approximate surface area is 286 Å². The van der Waals surface area contributed by atoms with Gasteiger partial charge in [-0.2, -0.15) is 0 Å². The van der Waals surface area contributed by atoms with Gasteiger partial charge in [-0.15, -0.1) is 0 Å². The summed E-state index contributed by atoms with van der Waals surface area (Å²) >= 11 is 19.0. The van der Waals surface area contributed by atoms with E-state index in [-0.39, 0.29) is 29.7 Å². The number of amides is 3. The van der Waals surface area contributed by atoms with Gasteiger partial charge in [0.1, 0.15) is 18.4 Å². The van der Waals surface area contributed by atoms with Crippen LogP contribution in [0.25, 0.3) is 10.9 Å². The Kier molecular flexibility index (Phi) is 8.21. The number of amidine groups is 1. The van der Waals surface area contributed by atoms with Crippen molar-refractivity contribution in [3.63, 3.8) is 0 Å². The number of fused-ring (bicyclic) bond motifs is 1. The third-order valence-corrected chi connectivity index (χ3v) is 10.7. The van der Waals surface area contributed by atoms with Crippen molar-refractivity contribution in [3.8, 4) is 0 Å². The van der Waals surface area contributed by atoms with E-state index in [1.165, 1.54) is 39.3 Å². The highest BCUT2D eigenvalue weighted by Crippen LogP contribution is 2.46. The Morgan fingerprint density at radius 1 is 0.830 bits per heavy atom. The van der Waals surface area contributed by atoms with Crippen LogP contribution < -0.4 is 5.32 Å². The fourth-order valence-electron chi connectivity index (χ4n) is 6.12. The molecule has 7 rings (SSSR count). The number of hydrogen-bond donors (Lipinski definition) is 1. The zero-order valence-electron chi connectivity index (χ0n) is 24.6. The van der Waals surface area contributed by atoms with Crippen molar-refractivity contribution < 1.29 is 18.0 Å². The van der Waals surface area contributed by atoms with Crippen LogP contribution >= 0.6 is 34.8 Å². The van der Waals surface area contributed by atoms with E-state index in [0.29, 0.717) is 43.6 Å². The van der Waals surface area contributed by atoms with Gasteiger partial charge in [0.2, 0.25) is 5.91 Å². The van der Waals surface area contributed by atoms with Gasteiger partial charge in [0, 0.05) is 45.3 Å². The van der Waals surface area contributed by atoms with Gasteiger partial charge >= 0.3 is 6.03 Å². The molecule has 5 aromatic rings. The number of halogens is 3. The molecule has 13 heteroatoms. The van der Waals surface area contributed by atoms with Gasteiger partial charge in [-0.3, -0.25) is 14.7 Å². The number of carbonyl (C=O) groups is 2. The van der Waals surface area contributed by atoms with E-state index >= 15 is 0 Å². The van der Waals surface area contributed by atoms with Gasteiger partial charge in [-0.1, -0.05) is 77.3 Å². The van der Waals surface area contributed by atoms with Crippen LogP contribution in [0.4, 0.5) is 4.79 Å². The molecule has 4 aromatic carbocycles. The number of hydrogen-bond acceptors (Lipinski definition) is 5. The second-order valence-electron chi connectivity index (χ2n) is 11.2. The maximum atomic E-state index is 14.6. The van der Waals surface area contributed by atoms with Gasteiger partial charge in [0.05, 0.1) is 16.5 Å². The minimum atomic E-state index is -4.10. The summed E-state index contributed by atoms with van der Waals surface area (Å²) in [7, 11) is -4.10. The molecule has 0 spiro atoms. The standard InChI is InChI=1S/C34H26Cl3N5O4S/c35-23-11-13-26(14-12-23)47(45,46)41-19-28(27-9-1-2-10-29(27)41)33-39-31(21-5-3-7-24(36)17-21)32(22-6-4-8-25(37)18-22)42(33)34(44)40-16-15-38-30(43)20-40/h1-14,17-19,31-32H,15-16,20H2,(H,38,43). The number of carbonyl (C=O) groups excluding carboxylic acids is 2. The number of aliphatic imine (C=N–C) groups is 1. The SMILES string of the molecule is O=C1CN(C(=O)N2C(c3cn(S(=O)(=O)c4ccc(Cl)cc4)c4ccccc34)=NC(c3cccc(Cl)c3)C2c2cccc(Cl)c2)CCN1. The van der Waals surface area contributed by atoms with Gasteiger partial charge in [0.25, 0.3) is 10.0 Å². The van der Waals surface area contributed by atoms with E-state index in [1.54, 1.807) is 59.5 Å². The van der Waals surface area contributed by atoms with Crippen LogP contribution in [0.1, 0.15) is 28.8 Å². The molecule has 2 unspecified atom stereocenters. The van der Waals surface area contributed by atoms with Crippen LogP contribution in [0.5, 0.6) is 0 Å². The smallest absolute Gasteiger partial charge is 0.326 e. The molecule has 0 aliphatic carbocycles. The van der Waals surface area contributed by atoms with E-state index in [2.05, 4.69) is 5.32 Å². The summed E-state index contributed by atoms with van der Waals surface area (Å²) in [5.74, 6) is -0.0316. The fraction of sp³-hybridized carbons (Fsp3) is 0.147. The first-order valence-electron chi connectivity index (χ1n) is 14.7. The summed E-state index contributed by atoms with van der Waals surface area (Å²) < 4.78 is 29.3. The van der Waals surface area contributed by atoms with E-state index in [1.807, 2.05) is 18.2 Å². The quantitative estimate of drug-likeness (QED) is 0.214. The molecule has 1 fully saturated rings. The third-order valence-electron chi connectivity index (χ3n) is 8.25. The molecular formula is C34H26Cl3N5O4S. The van der Waals surface area contributed by atoms with Crippen LogP contribution in [0.3, 0.4) is 0 Å². The van der Waals surface area contributed by atoms with Gasteiger partial charge in [0.15, 0.2) is 0 Å². The molecule has 1 saturated heterocycles. The molecule has 2 aliphatic rings. The molecule has 2 aliphatic heterocycles. The zero-order valence-corrected chi connectivity index (χ0v) is 27.6. The minimum absolute atomic E-state index is 0.0448. The summed E-state index contributed by atoms with van der Waals surface area (Å²) in [5.41, 5.74) is 2.26. The van der Waals surface area contributed by atoms with Crippen LogP contribution in [0.2, 0.25) is 15.1 Å². The lowest BCUT2D eigenvalue weighted by atomic mass is 9.93. The maximum absolute atomic E-state index is 14.6. The number of rotatable bonds is 5. The van der Waals surface area contributed by atoms with Crippen molar-refractivity contribution in [3.05, 3.63) is 135 Å². The first-order chi connectivity index (χ1) is 22.6. The third kappa shape index (κ3) is 5.76. The molecule has 9 nitrogen and oxygen atoms in total. The van der Waals surface area contributed by atoms with E-state index in [4.69, 9.17) is 39.8 Å². The number of nitrogens with one attached hydrogen (secondary N) is 1. The summed E-state index contributed by atoms with van der Waals surface area (Å²) in [6.07, 6.45) is 1.49. The minimum Gasteiger partial charge on any atom is -0.353 e. The predicted octanol–water partition coefficient (Wildman–Crippen LogP) is 6.94. The van der Waals surface area contributed by atoms with E-state index < -0.39 is 28.1 Å². The van der Waals surface area contributed by atoms with Crippen LogP contribution in [-0.4, -0.2) is 59.6 Å². The number of piperazine rings is 1. The van der Waals surface area contributed by atoms with Crippen molar-refractivity contribution in [1.82, 2.24) is 19.1 Å². The van der Waals surface area contributed by atoms with Gasteiger partial charge in [-0.25, -0.2) is 17.2 Å². The number of benzene rings is 4. The summed E-state index contributed by atoms with van der Waals surface area (Å²) in [4.78, 5) is 35.3. The molecule has 47 heavy (non-hydrogen) atoms. The second-order valence-corrected chi connectivity index (χ2v) is 14.3. The predicted molar refractivity (Wildman–Crippen MR) is 183 cm³/mol. The Morgan fingerprint density at radius 3 is 2.21 bits per heavy atom. The lowest BCUT2D eigenvalue weighted by molar-refractivity contribution is -0.123. The Bertz CT molecular complexity index is 2190. The molecule has 0 bridgehead atoms. The number of aromatic nitrogens is 1. The molecule has 238 valence electrons. The molecule has 1 aromatic heterocycles. The van der Waals surface area contributed by atoms with Gasteiger partial charge in [-0.05, 0) is 65.7 Å². The Morgan fingerprint density at radius 2 is 1.51 bits per heavy atom. The van der Waals surface area contributed by atoms with Crippen molar-refractivity contribution in [1.29, 1.82) is 0 Å². The first-order valence-corrected chi connectivity index (χ1v) is 17.2. The molecule has 0 saturated carbocycles. The number of urea groups is 1. The average Bonchev–Trinajstić information content (AvgIpc) is 3.65. The van der Waals surface area contributed by atoms with Crippen molar-refractivity contribution in [2.24, 2.45) is 4.99 Å². The van der Waals surface area contributed by atoms with Crippen molar-refractivity contribution >= 4 is 73.5 Å². The zero-order chi connectivity index (χ0) is 32.9. The normalized spacial score (nSPS) is 18.4. The van der Waals surface area contributed by atoms with E-state index in [0.717, 1.165) is 5.56 Å². The average molecular weight is 707 g/mol. The van der Waals surface area contributed by atoms with Crippen LogP contribution in [0, 0.1) is 0 Å². The maximum Gasteiger partial charge on any atom is 0.326 e. The van der Waals surface area contributed by atoms with Crippen molar-refractivity contribution in [2.45, 2.75) is 17.0 Å². The molecule has 3 amide bonds. The van der Waals surface area contributed by atoms with Crippen LogP contribution in [-0.2, 0) is 14.8 Å². The van der Waals surface area contributed by atoms with Gasteiger partial charge < -0.3 is 10.2 Å². The summed E-state index contributed by atoms with van der Waals surface area (Å²) in [6.45, 7) is 0.438. The number of para-hydroxylation sites is 1. The Balaban J connectivity index is 1.47. The highest BCUT2D eigenvalue weighted by molar-refractivity contribution is 7.90. The molecule has 1 N–H and O–H groups in total. The highest BCUT2D eigenvalue weighted by Gasteiger charge is 2.45. The van der Waals surface area contributed by atoms with Crippen LogP contribution in [0.15, 0.2) is 113 Å². The monoisotopic (exact) mass is 705 g/mol. The fourth-order valence-corrected chi connectivity index (χ4v) is 8.01. The lowest BCUT2D eigenvalue weighted by Gasteiger charge is -2.35. The highest BCUT2D eigenvalue weighted by atomic mass is 35.5. The summed E-state index contributed by atoms with van der Waals surface area (Å²) in [5, 5.41) is 4.69. The number of nitrogens with zero attached hydrogens (tertiary/aromatic N) is 4. The molecule has 0 radical (unpaired) electrons. The molecular weight excluding hydrogens is 681 g/mol. The first kappa shape index (κ1) is 31.3. The second kappa shape index (κ2) is 12.4. The lowest BCUT2D eigenvalue weighted by Crippen LogP contribution is -2.55. The largest absolute Gasteiger partial charge is 0.353 e. The summed E-state index contributed by atoms with van der Waals surface area (Å²) in [6, 6.07) is 25.6. The molecule has 2 atom stereocenters. The van der Waals surface area contributed by atoms with Crippen molar-refractivity contribution in [2.75, 3.05) is 19.6 Å². The topological polar surface area (TPSA) is 104 Å². The Hall–Kier alpha value is -4.35. The van der Waals surface area contributed by atoms with E-state index in [9.17, 15) is 18.0 Å². The molecule has 3 heterocycles.